The van der Waals surface area contributed by atoms with Crippen molar-refractivity contribution in [2.75, 3.05) is 11.4 Å². The van der Waals surface area contributed by atoms with Gasteiger partial charge >= 0.3 is 0 Å². The Balaban J connectivity index is 1.91. The van der Waals surface area contributed by atoms with Crippen LogP contribution in [-0.2, 0) is 0 Å². The number of pyridine rings is 1. The SMILES string of the molecule is CC1CCCN1c1cccc(N=C(CC(=N)Cl)c2ncc[nH]2)n1. The summed E-state index contributed by atoms with van der Waals surface area (Å²) < 4.78 is 0. The molecule has 6 nitrogen and oxygen atoms in total. The predicted octanol–water partition coefficient (Wildman–Crippen LogP) is 3.52. The molecule has 120 valence electrons. The Hall–Kier alpha value is -2.21. The normalized spacial score (nSPS) is 18.4. The van der Waals surface area contributed by atoms with Gasteiger partial charge in [0.15, 0.2) is 11.6 Å². The van der Waals surface area contributed by atoms with E-state index >= 15 is 0 Å². The lowest BCUT2D eigenvalue weighted by atomic mass is 10.2. The third kappa shape index (κ3) is 3.76. The van der Waals surface area contributed by atoms with Crippen molar-refractivity contribution in [1.29, 1.82) is 5.41 Å². The fourth-order valence-electron chi connectivity index (χ4n) is 2.79. The maximum atomic E-state index is 7.51. The van der Waals surface area contributed by atoms with Gasteiger partial charge in [-0.05, 0) is 31.9 Å². The summed E-state index contributed by atoms with van der Waals surface area (Å²) in [6.07, 6.45) is 5.98. The minimum Gasteiger partial charge on any atom is -0.354 e. The van der Waals surface area contributed by atoms with Gasteiger partial charge in [0.2, 0.25) is 0 Å². The molecule has 0 amide bonds. The first kappa shape index (κ1) is 15.7. The predicted molar refractivity (Wildman–Crippen MR) is 93.3 cm³/mol. The molecule has 1 fully saturated rings. The molecule has 3 rings (SSSR count). The van der Waals surface area contributed by atoms with Crippen molar-refractivity contribution >= 4 is 34.1 Å². The highest BCUT2D eigenvalue weighted by molar-refractivity contribution is 6.66. The molecule has 1 aliphatic rings. The van der Waals surface area contributed by atoms with Gasteiger partial charge in [0.25, 0.3) is 0 Å². The summed E-state index contributed by atoms with van der Waals surface area (Å²) in [6.45, 7) is 3.24. The van der Waals surface area contributed by atoms with Crippen molar-refractivity contribution in [3.8, 4) is 0 Å². The number of aromatic nitrogens is 3. The van der Waals surface area contributed by atoms with Crippen LogP contribution in [0.15, 0.2) is 35.6 Å². The second kappa shape index (κ2) is 6.91. The van der Waals surface area contributed by atoms with Crippen LogP contribution in [0.3, 0.4) is 0 Å². The number of aliphatic imine (C=N–C) groups is 1. The summed E-state index contributed by atoms with van der Waals surface area (Å²) in [5, 5.41) is 7.53. The van der Waals surface area contributed by atoms with Crippen LogP contribution in [0.5, 0.6) is 0 Å². The number of imidazole rings is 1. The minimum absolute atomic E-state index is 0.0180. The number of hydrogen-bond acceptors (Lipinski definition) is 5. The molecule has 0 bridgehead atoms. The van der Waals surface area contributed by atoms with Crippen LogP contribution in [0.4, 0.5) is 11.6 Å². The first-order valence-corrected chi connectivity index (χ1v) is 8.05. The van der Waals surface area contributed by atoms with Gasteiger partial charge in [0, 0.05) is 31.4 Å². The summed E-state index contributed by atoms with van der Waals surface area (Å²) in [4.78, 5) is 18.7. The molecule has 1 atom stereocenters. The number of halogens is 1. The minimum atomic E-state index is 0.0180. The van der Waals surface area contributed by atoms with E-state index in [1.165, 1.54) is 12.8 Å². The molecule has 2 N–H and O–H groups in total. The quantitative estimate of drug-likeness (QED) is 0.823. The number of nitrogens with zero attached hydrogens (tertiary/aromatic N) is 4. The van der Waals surface area contributed by atoms with Crippen molar-refractivity contribution in [2.24, 2.45) is 4.99 Å². The van der Waals surface area contributed by atoms with Gasteiger partial charge in [-0.2, -0.15) is 0 Å². The number of hydrogen-bond donors (Lipinski definition) is 2. The maximum absolute atomic E-state index is 7.51. The Labute approximate surface area is 140 Å². The molecule has 3 heterocycles. The third-order valence-corrected chi connectivity index (χ3v) is 4.04. The van der Waals surface area contributed by atoms with Crippen molar-refractivity contribution in [1.82, 2.24) is 15.0 Å². The van der Waals surface area contributed by atoms with Gasteiger partial charge in [-0.15, -0.1) is 0 Å². The second-order valence-electron chi connectivity index (χ2n) is 5.62. The molecule has 1 saturated heterocycles. The van der Waals surface area contributed by atoms with E-state index in [1.807, 2.05) is 18.2 Å². The van der Waals surface area contributed by atoms with E-state index in [9.17, 15) is 0 Å². The Morgan fingerprint density at radius 3 is 3.04 bits per heavy atom. The fourth-order valence-corrected chi connectivity index (χ4v) is 2.92. The lowest BCUT2D eigenvalue weighted by Gasteiger charge is -2.22. The number of H-pyrrole nitrogens is 1. The van der Waals surface area contributed by atoms with E-state index in [0.29, 0.717) is 23.4 Å². The Bertz CT molecular complexity index is 709. The first-order valence-electron chi connectivity index (χ1n) is 7.67. The van der Waals surface area contributed by atoms with E-state index in [4.69, 9.17) is 17.0 Å². The zero-order chi connectivity index (χ0) is 16.2. The van der Waals surface area contributed by atoms with Gasteiger partial charge in [0.1, 0.15) is 11.0 Å². The molecule has 0 aromatic carbocycles. The van der Waals surface area contributed by atoms with Gasteiger partial charge in [-0.3, -0.25) is 5.41 Å². The van der Waals surface area contributed by atoms with Crippen LogP contribution in [-0.4, -0.2) is 38.4 Å². The molecule has 7 heteroatoms. The van der Waals surface area contributed by atoms with Crippen molar-refractivity contribution in [3.05, 3.63) is 36.4 Å². The first-order chi connectivity index (χ1) is 11.1. The monoisotopic (exact) mass is 330 g/mol. The summed E-state index contributed by atoms with van der Waals surface area (Å²) in [5.41, 5.74) is 0.606. The molecule has 0 saturated carbocycles. The molecule has 1 aliphatic heterocycles. The molecule has 1 unspecified atom stereocenters. The van der Waals surface area contributed by atoms with Crippen molar-refractivity contribution < 1.29 is 0 Å². The van der Waals surface area contributed by atoms with E-state index in [1.54, 1.807) is 12.4 Å². The largest absolute Gasteiger partial charge is 0.354 e. The molecule has 0 spiro atoms. The molecule has 23 heavy (non-hydrogen) atoms. The molecule has 0 radical (unpaired) electrons. The number of rotatable bonds is 5. The van der Waals surface area contributed by atoms with Crippen LogP contribution >= 0.6 is 11.6 Å². The topological polar surface area (TPSA) is 81.0 Å². The van der Waals surface area contributed by atoms with Gasteiger partial charge in [-0.1, -0.05) is 17.7 Å². The van der Waals surface area contributed by atoms with Crippen molar-refractivity contribution in [2.45, 2.75) is 32.2 Å². The van der Waals surface area contributed by atoms with E-state index in [2.05, 4.69) is 31.8 Å². The van der Waals surface area contributed by atoms with Gasteiger partial charge in [-0.25, -0.2) is 15.0 Å². The highest BCUT2D eigenvalue weighted by Gasteiger charge is 2.21. The molecule has 2 aromatic heterocycles. The van der Waals surface area contributed by atoms with Crippen LogP contribution in [0.2, 0.25) is 0 Å². The van der Waals surface area contributed by atoms with Crippen LogP contribution in [0.1, 0.15) is 32.0 Å². The summed E-state index contributed by atoms with van der Waals surface area (Å²) in [5.74, 6) is 2.15. The molecular formula is C16H19ClN6. The van der Waals surface area contributed by atoms with E-state index < -0.39 is 0 Å². The second-order valence-corrected chi connectivity index (χ2v) is 6.07. The highest BCUT2D eigenvalue weighted by Crippen LogP contribution is 2.25. The number of aromatic amines is 1. The van der Waals surface area contributed by atoms with Crippen LogP contribution in [0, 0.1) is 5.41 Å². The fraction of sp³-hybridized carbons (Fsp3) is 0.375. The zero-order valence-corrected chi connectivity index (χ0v) is 13.7. The summed E-state index contributed by atoms with van der Waals surface area (Å²) >= 11 is 5.74. The van der Waals surface area contributed by atoms with Crippen LogP contribution < -0.4 is 4.90 Å². The third-order valence-electron chi connectivity index (χ3n) is 3.91. The Morgan fingerprint density at radius 2 is 2.39 bits per heavy atom. The molecular weight excluding hydrogens is 312 g/mol. The Morgan fingerprint density at radius 1 is 1.52 bits per heavy atom. The maximum Gasteiger partial charge on any atom is 0.154 e. The van der Waals surface area contributed by atoms with E-state index in [0.717, 1.165) is 12.4 Å². The molecule has 0 aliphatic carbocycles. The molecule has 2 aromatic rings. The average Bonchev–Trinajstić information content (AvgIpc) is 3.17. The van der Waals surface area contributed by atoms with Gasteiger partial charge in [0.05, 0.1) is 5.71 Å². The lowest BCUT2D eigenvalue weighted by molar-refractivity contribution is 0.727. The number of nitrogens with one attached hydrogen (secondary N) is 2. The highest BCUT2D eigenvalue weighted by atomic mass is 35.5. The lowest BCUT2D eigenvalue weighted by Crippen LogP contribution is -2.26. The Kier molecular flexibility index (Phi) is 4.71. The number of anilines is 1. The summed E-state index contributed by atoms with van der Waals surface area (Å²) in [7, 11) is 0. The van der Waals surface area contributed by atoms with Gasteiger partial charge < -0.3 is 9.88 Å². The van der Waals surface area contributed by atoms with Crippen molar-refractivity contribution in [3.63, 3.8) is 0 Å². The summed E-state index contributed by atoms with van der Waals surface area (Å²) in [6, 6.07) is 6.32. The standard InChI is InChI=1S/C16H19ClN6/c1-11-4-3-9-23(11)15-6-2-5-14(22-15)21-12(10-13(17)18)16-19-7-8-20-16/h2,5-8,11,18H,3-4,9-10H2,1H3,(H,19,20). The van der Waals surface area contributed by atoms with E-state index in [-0.39, 0.29) is 11.6 Å². The average molecular weight is 331 g/mol. The van der Waals surface area contributed by atoms with Crippen LogP contribution in [0.25, 0.3) is 0 Å². The zero-order valence-electron chi connectivity index (χ0n) is 13.0. The smallest absolute Gasteiger partial charge is 0.154 e.